The Balaban J connectivity index is 0.944. The van der Waals surface area contributed by atoms with Crippen LogP contribution in [-0.2, 0) is 51.4 Å². The number of carbonyl (C=O) groups is 6. The van der Waals surface area contributed by atoms with Crippen LogP contribution in [0.3, 0.4) is 0 Å². The smallest absolute Gasteiger partial charge is 0.246 e. The molecular formula is C52H74N10O8S2. The lowest BCUT2D eigenvalue weighted by molar-refractivity contribution is -0.144. The molecule has 2 aromatic carbocycles. The van der Waals surface area contributed by atoms with E-state index in [0.717, 1.165) is 11.1 Å². The number of hydrogen-bond acceptors (Lipinski definition) is 13. The predicted molar refractivity (Wildman–Crippen MR) is 277 cm³/mol. The largest absolute Gasteiger partial charge is 0.377 e. The van der Waals surface area contributed by atoms with Crippen molar-refractivity contribution in [3.63, 3.8) is 0 Å². The third kappa shape index (κ3) is 13.0. The molecule has 0 radical (unpaired) electrons. The van der Waals surface area contributed by atoms with E-state index in [1.165, 1.54) is 0 Å². The maximum absolute atomic E-state index is 14.5. The number of nitrogens with zero attached hydrogens (tertiary/aromatic N) is 5. The highest BCUT2D eigenvalue weighted by molar-refractivity contribution is 8.00. The van der Waals surface area contributed by atoms with Crippen LogP contribution in [-0.4, -0.2) is 140 Å². The molecule has 10 atom stereocenters. The predicted octanol–water partition coefficient (Wildman–Crippen LogP) is 4.33. The van der Waals surface area contributed by atoms with Crippen molar-refractivity contribution in [2.75, 3.05) is 38.4 Å². The average Bonchev–Trinajstić information content (AvgIpc) is 3.95. The van der Waals surface area contributed by atoms with E-state index in [0.29, 0.717) is 55.8 Å². The van der Waals surface area contributed by atoms with Gasteiger partial charge in [0.15, 0.2) is 0 Å². The molecule has 72 heavy (non-hydrogen) atoms. The molecule has 5 heterocycles. The van der Waals surface area contributed by atoms with Gasteiger partial charge >= 0.3 is 0 Å². The number of aromatic nitrogens is 3. The molecule has 6 amide bonds. The van der Waals surface area contributed by atoms with E-state index in [2.05, 4.69) is 36.9 Å². The van der Waals surface area contributed by atoms with Crippen molar-refractivity contribution in [3.8, 4) is 0 Å². The van der Waals surface area contributed by atoms with Crippen molar-refractivity contribution in [1.82, 2.24) is 51.4 Å². The van der Waals surface area contributed by atoms with E-state index in [9.17, 15) is 28.8 Å². The summed E-state index contributed by atoms with van der Waals surface area (Å²) in [5, 5.41) is 23.5. The summed E-state index contributed by atoms with van der Waals surface area (Å²) < 4.78 is 14.1. The number of rotatable bonds is 21. The minimum atomic E-state index is -0.761. The molecule has 1 aromatic heterocycles. The van der Waals surface area contributed by atoms with Gasteiger partial charge in [0.2, 0.25) is 35.4 Å². The maximum atomic E-state index is 14.5. The van der Waals surface area contributed by atoms with E-state index < -0.39 is 53.1 Å². The number of ether oxygens (including phenoxy) is 2. The molecule has 0 aliphatic carbocycles. The first-order valence-corrected chi connectivity index (χ1v) is 27.4. The number of benzene rings is 2. The van der Waals surface area contributed by atoms with E-state index >= 15 is 0 Å². The van der Waals surface area contributed by atoms with E-state index in [1.54, 1.807) is 58.2 Å². The van der Waals surface area contributed by atoms with Gasteiger partial charge in [-0.15, -0.1) is 28.6 Å². The highest BCUT2D eigenvalue weighted by atomic mass is 32.2. The molecule has 18 nitrogen and oxygen atoms in total. The van der Waals surface area contributed by atoms with Crippen LogP contribution in [0.15, 0.2) is 66.9 Å². The van der Waals surface area contributed by atoms with Gasteiger partial charge in [-0.1, -0.05) is 107 Å². The zero-order valence-corrected chi connectivity index (χ0v) is 44.6. The van der Waals surface area contributed by atoms with Gasteiger partial charge in [-0.2, -0.15) is 0 Å². The summed E-state index contributed by atoms with van der Waals surface area (Å²) in [7, 11) is 1.69. The molecule has 4 saturated heterocycles. The number of fused-ring (bicyclic) bond motifs is 2. The number of likely N-dealkylation sites (N-methyl/N-ethyl adjacent to an activating group) is 1. The summed E-state index contributed by atoms with van der Waals surface area (Å²) in [4.78, 5) is 86.4. The van der Waals surface area contributed by atoms with Crippen molar-refractivity contribution in [3.05, 3.63) is 83.7 Å². The monoisotopic (exact) mass is 1030 g/mol. The van der Waals surface area contributed by atoms with Crippen molar-refractivity contribution in [1.29, 1.82) is 0 Å². The van der Waals surface area contributed by atoms with E-state index in [-0.39, 0.29) is 78.5 Å². The van der Waals surface area contributed by atoms with Gasteiger partial charge in [0, 0.05) is 5.92 Å². The van der Waals surface area contributed by atoms with Crippen molar-refractivity contribution >= 4 is 59.0 Å². The Labute approximate surface area is 432 Å². The first kappa shape index (κ1) is 54.7. The Kier molecular flexibility index (Phi) is 18.5. The lowest BCUT2D eigenvalue weighted by Crippen LogP contribution is -2.58. The normalized spacial score (nSPS) is 25.2. The standard InChI is InChI=1S/C52H74N10O8S2/c1-9-32(2)45(63)54-37-20-24-71-41-26-52(6,7)44(61(41)49(37)67)48(66)57-40(35-18-14-11-15-19-35)31-70-29-36-28-60(59-58-36)22-23-69-30-39(34-16-12-10-13-17-34)56-47(65)43-51(4,5)27-42-62(43)50(68)38(21-25-72-42)55-46(64)33(3)53-8/h10-19,28,32-33,37-44,53H,9,20-27,29-31H2,1-8H3,(H,54,63)(H,55,64)(H,56,65)(H,57,66)/t32-,33+,37+,38+,39-,40-,41+,42+,43-,44-/m1/s1. The van der Waals surface area contributed by atoms with Gasteiger partial charge in [0.05, 0.1) is 68.0 Å². The van der Waals surface area contributed by atoms with Crippen molar-refractivity contribution in [2.24, 2.45) is 16.7 Å². The SMILES string of the molecule is CC[C@@H](C)C(=O)N[C@H]1CCS[C@H]2CC(C)(C)[C@@H](C(=O)N[C@H](COCc3cn(CCOC[C@@H](NC(=O)[C@H]4N5C(=O)[C@@H](NC(=O)[C@H](C)NC)CCS[C@H]5CC4(C)C)c4ccccc4)nn3)c3ccccc3)N2C1=O. The number of thioether (sulfide) groups is 2. The minimum absolute atomic E-state index is 0.122. The molecule has 4 fully saturated rings. The van der Waals surface area contributed by atoms with Crippen LogP contribution in [0.5, 0.6) is 0 Å². The molecule has 392 valence electrons. The minimum Gasteiger partial charge on any atom is -0.377 e. The molecule has 5 N–H and O–H groups in total. The molecule has 0 saturated carbocycles. The van der Waals surface area contributed by atoms with Gasteiger partial charge in [0.1, 0.15) is 29.9 Å². The van der Waals surface area contributed by atoms with Gasteiger partial charge in [-0.25, -0.2) is 4.68 Å². The average molecular weight is 1030 g/mol. The van der Waals surface area contributed by atoms with Crippen LogP contribution >= 0.6 is 23.5 Å². The van der Waals surface area contributed by atoms with Crippen LogP contribution in [0.25, 0.3) is 0 Å². The lowest BCUT2D eigenvalue weighted by Gasteiger charge is -2.35. The van der Waals surface area contributed by atoms with Crippen molar-refractivity contribution in [2.45, 2.75) is 147 Å². The van der Waals surface area contributed by atoms with E-state index in [1.807, 2.05) is 102 Å². The van der Waals surface area contributed by atoms with Crippen LogP contribution in [0.1, 0.15) is 109 Å². The second kappa shape index (κ2) is 24.3. The number of hydrogen-bond donors (Lipinski definition) is 5. The zero-order valence-electron chi connectivity index (χ0n) is 42.9. The molecule has 4 aliphatic rings. The zero-order chi connectivity index (χ0) is 51.7. The van der Waals surface area contributed by atoms with Gasteiger partial charge in [0.25, 0.3) is 0 Å². The highest BCUT2D eigenvalue weighted by Crippen LogP contribution is 2.48. The highest BCUT2D eigenvalue weighted by Gasteiger charge is 2.56. The second-order valence-electron chi connectivity index (χ2n) is 20.9. The number of carbonyl (C=O) groups excluding carboxylic acids is 6. The van der Waals surface area contributed by atoms with Crippen LogP contribution in [0.2, 0.25) is 0 Å². The van der Waals surface area contributed by atoms with E-state index in [4.69, 9.17) is 9.47 Å². The maximum Gasteiger partial charge on any atom is 0.246 e. The third-order valence-corrected chi connectivity index (χ3v) is 17.0. The van der Waals surface area contributed by atoms with Crippen molar-refractivity contribution < 1.29 is 38.2 Å². The third-order valence-electron chi connectivity index (χ3n) is 14.5. The summed E-state index contributed by atoms with van der Waals surface area (Å²) in [5.41, 5.74) is 1.23. The summed E-state index contributed by atoms with van der Waals surface area (Å²) >= 11 is 3.31. The molecule has 20 heteroatoms. The first-order valence-electron chi connectivity index (χ1n) is 25.3. The Bertz CT molecular complexity index is 2360. The van der Waals surface area contributed by atoms with Gasteiger partial charge < -0.3 is 45.9 Å². The topological polar surface area (TPSA) is 218 Å². The fourth-order valence-corrected chi connectivity index (χ4v) is 13.3. The quantitative estimate of drug-likeness (QED) is 0.0941. The molecule has 4 aliphatic heterocycles. The summed E-state index contributed by atoms with van der Waals surface area (Å²) in [5.74, 6) is -0.283. The van der Waals surface area contributed by atoms with Crippen LogP contribution in [0.4, 0.5) is 0 Å². The fourth-order valence-electron chi connectivity index (χ4n) is 10.1. The van der Waals surface area contributed by atoms with Gasteiger partial charge in [-0.05, 0) is 79.5 Å². The first-order chi connectivity index (χ1) is 34.4. The summed E-state index contributed by atoms with van der Waals surface area (Å²) in [6.45, 7) is 14.6. The molecule has 0 spiro atoms. The number of nitrogens with one attached hydrogen (secondary N) is 5. The lowest BCUT2D eigenvalue weighted by atomic mass is 9.83. The second-order valence-corrected chi connectivity index (χ2v) is 23.4. The Morgan fingerprint density at radius 2 is 1.22 bits per heavy atom. The van der Waals surface area contributed by atoms with Crippen LogP contribution < -0.4 is 26.6 Å². The molecular weight excluding hydrogens is 957 g/mol. The molecule has 3 aromatic rings. The number of amides is 6. The van der Waals surface area contributed by atoms with Gasteiger partial charge in [-0.3, -0.25) is 28.8 Å². The molecule has 7 rings (SSSR count). The summed E-state index contributed by atoms with van der Waals surface area (Å²) in [6, 6.07) is 14.7. The summed E-state index contributed by atoms with van der Waals surface area (Å²) in [6.07, 6.45) is 4.72. The van der Waals surface area contributed by atoms with Crippen LogP contribution in [0, 0.1) is 16.7 Å². The molecule has 0 bridgehead atoms. The molecule has 0 unspecified atom stereocenters. The Hall–Kier alpha value is -5.02. The Morgan fingerprint density at radius 1 is 0.736 bits per heavy atom. The fraction of sp³-hybridized carbons (Fsp3) is 0.615. The Morgan fingerprint density at radius 3 is 1.71 bits per heavy atom.